The van der Waals surface area contributed by atoms with Crippen molar-refractivity contribution in [2.75, 3.05) is 36.8 Å². The van der Waals surface area contributed by atoms with E-state index in [-0.39, 0.29) is 5.91 Å². The Labute approximate surface area is 189 Å². The highest BCUT2D eigenvalue weighted by Gasteiger charge is 2.24. The van der Waals surface area contributed by atoms with Gasteiger partial charge in [0.15, 0.2) is 0 Å². The fourth-order valence-corrected chi connectivity index (χ4v) is 4.90. The summed E-state index contributed by atoms with van der Waals surface area (Å²) in [6, 6.07) is 3.96. The molecule has 168 valence electrons. The van der Waals surface area contributed by atoms with E-state index in [9.17, 15) is 4.79 Å². The molecule has 0 N–H and O–H groups in total. The Hall–Kier alpha value is -3.02. The highest BCUT2D eigenvalue weighted by atomic mass is 32.2. The van der Waals surface area contributed by atoms with Crippen LogP contribution < -0.4 is 4.90 Å². The Morgan fingerprint density at radius 1 is 1.19 bits per heavy atom. The van der Waals surface area contributed by atoms with Crippen molar-refractivity contribution in [1.29, 1.82) is 0 Å². The van der Waals surface area contributed by atoms with Crippen molar-refractivity contribution in [3.05, 3.63) is 24.2 Å². The van der Waals surface area contributed by atoms with Crippen molar-refractivity contribution in [3.63, 3.8) is 0 Å². The zero-order chi connectivity index (χ0) is 21.9. The maximum absolute atomic E-state index is 12.5. The van der Waals surface area contributed by atoms with Crippen molar-refractivity contribution in [1.82, 2.24) is 40.2 Å². The van der Waals surface area contributed by atoms with Gasteiger partial charge in [-0.3, -0.25) is 4.79 Å². The molecule has 11 nitrogen and oxygen atoms in total. The molecule has 0 aromatic carbocycles. The molecule has 5 rings (SSSR count). The topological polar surface area (TPSA) is 119 Å². The summed E-state index contributed by atoms with van der Waals surface area (Å²) in [7, 11) is 1.76. The summed E-state index contributed by atoms with van der Waals surface area (Å²) in [4.78, 5) is 25.8. The molecule has 2 aliphatic rings. The van der Waals surface area contributed by atoms with Crippen LogP contribution in [0.15, 0.2) is 28.0 Å². The number of hydrogen-bond acceptors (Lipinski definition) is 10. The first kappa shape index (κ1) is 20.9. The number of thioether (sulfide) groups is 1. The SMILES string of the molecule is Cn1nnnc1SCC(=O)N1CCN(c2ccc(-c3noc(C4CCCC4)n3)cn2)CC1. The van der Waals surface area contributed by atoms with Crippen molar-refractivity contribution in [2.24, 2.45) is 7.05 Å². The zero-order valence-electron chi connectivity index (χ0n) is 17.9. The maximum atomic E-state index is 12.5. The average molecular weight is 456 g/mol. The number of anilines is 1. The highest BCUT2D eigenvalue weighted by Crippen LogP contribution is 2.34. The molecular formula is C20H25N9O2S. The summed E-state index contributed by atoms with van der Waals surface area (Å²) in [6.45, 7) is 2.80. The standard InChI is InChI=1S/C20H25N9O2S/c1-27-20(23-25-26-27)32-13-17(30)29-10-8-28(9-11-29)16-7-6-15(12-21-16)18-22-19(31-24-18)14-4-2-3-5-14/h6-7,12,14H,2-5,8-11,13H2,1H3. The fraction of sp³-hybridized carbons (Fsp3) is 0.550. The van der Waals surface area contributed by atoms with Gasteiger partial charge in [-0.1, -0.05) is 29.8 Å². The van der Waals surface area contributed by atoms with Gasteiger partial charge in [-0.15, -0.1) is 5.10 Å². The predicted octanol–water partition coefficient (Wildman–Crippen LogP) is 1.75. The number of pyridine rings is 1. The van der Waals surface area contributed by atoms with Crippen molar-refractivity contribution in [2.45, 2.75) is 36.8 Å². The Kier molecular flexibility index (Phi) is 6.02. The summed E-state index contributed by atoms with van der Waals surface area (Å²) in [5.41, 5.74) is 0.853. The molecule has 1 saturated heterocycles. The average Bonchev–Trinajstić information content (AvgIpc) is 3.60. The predicted molar refractivity (Wildman–Crippen MR) is 117 cm³/mol. The monoisotopic (exact) mass is 455 g/mol. The van der Waals surface area contributed by atoms with Crippen molar-refractivity contribution in [3.8, 4) is 11.4 Å². The van der Waals surface area contributed by atoms with E-state index in [0.717, 1.165) is 43.2 Å². The fourth-order valence-electron chi connectivity index (χ4n) is 4.14. The lowest BCUT2D eigenvalue weighted by Gasteiger charge is -2.35. The smallest absolute Gasteiger partial charge is 0.233 e. The van der Waals surface area contributed by atoms with Crippen LogP contribution >= 0.6 is 11.8 Å². The molecule has 0 spiro atoms. The van der Waals surface area contributed by atoms with Gasteiger partial charge in [0.05, 0.1) is 5.75 Å². The summed E-state index contributed by atoms with van der Waals surface area (Å²) in [5, 5.41) is 16.0. The molecule has 0 unspecified atom stereocenters. The molecule has 12 heteroatoms. The highest BCUT2D eigenvalue weighted by molar-refractivity contribution is 7.99. The van der Waals surface area contributed by atoms with Crippen LogP contribution in [0.2, 0.25) is 0 Å². The Bertz CT molecular complexity index is 1050. The number of carbonyl (C=O) groups excluding carboxylic acids is 1. The molecular weight excluding hydrogens is 430 g/mol. The summed E-state index contributed by atoms with van der Waals surface area (Å²) in [6.07, 6.45) is 6.51. The van der Waals surface area contributed by atoms with Gasteiger partial charge in [0.2, 0.25) is 22.8 Å². The number of nitrogens with zero attached hydrogens (tertiary/aromatic N) is 9. The molecule has 32 heavy (non-hydrogen) atoms. The minimum Gasteiger partial charge on any atom is -0.353 e. The van der Waals surface area contributed by atoms with Crippen LogP contribution in [0.5, 0.6) is 0 Å². The Morgan fingerprint density at radius 2 is 2.00 bits per heavy atom. The molecule has 0 atom stereocenters. The third-order valence-corrected chi connectivity index (χ3v) is 7.01. The Morgan fingerprint density at radius 3 is 2.69 bits per heavy atom. The molecule has 4 heterocycles. The van der Waals surface area contributed by atoms with Gasteiger partial charge in [-0.25, -0.2) is 9.67 Å². The van der Waals surface area contributed by atoms with Gasteiger partial charge >= 0.3 is 0 Å². The van der Waals surface area contributed by atoms with E-state index in [4.69, 9.17) is 4.52 Å². The minimum atomic E-state index is 0.0936. The lowest BCUT2D eigenvalue weighted by molar-refractivity contribution is -0.128. The molecule has 1 amide bonds. The molecule has 0 radical (unpaired) electrons. The second kappa shape index (κ2) is 9.23. The number of tetrazole rings is 1. The van der Waals surface area contributed by atoms with Crippen LogP contribution in [-0.2, 0) is 11.8 Å². The first-order chi connectivity index (χ1) is 15.7. The van der Waals surface area contributed by atoms with Crippen LogP contribution in [0, 0.1) is 0 Å². The van der Waals surface area contributed by atoms with Gasteiger partial charge in [0.1, 0.15) is 5.82 Å². The summed E-state index contributed by atoms with van der Waals surface area (Å²) in [5.74, 6) is 3.05. The van der Waals surface area contributed by atoms with Gasteiger partial charge < -0.3 is 14.3 Å². The molecule has 3 aromatic rings. The van der Waals surface area contributed by atoms with Crippen LogP contribution in [0.1, 0.15) is 37.5 Å². The number of piperazine rings is 1. The van der Waals surface area contributed by atoms with Crippen LogP contribution in [0.4, 0.5) is 5.82 Å². The minimum absolute atomic E-state index is 0.0936. The van der Waals surface area contributed by atoms with Gasteiger partial charge in [0, 0.05) is 50.9 Å². The Balaban J connectivity index is 1.14. The van der Waals surface area contributed by atoms with E-state index < -0.39 is 0 Å². The number of aryl methyl sites for hydroxylation is 1. The van der Waals surface area contributed by atoms with Crippen LogP contribution in [0.3, 0.4) is 0 Å². The summed E-state index contributed by atoms with van der Waals surface area (Å²) < 4.78 is 7.05. The number of amides is 1. The lowest BCUT2D eigenvalue weighted by Crippen LogP contribution is -2.49. The van der Waals surface area contributed by atoms with E-state index in [2.05, 4.69) is 35.5 Å². The van der Waals surface area contributed by atoms with E-state index in [0.29, 0.717) is 35.7 Å². The van der Waals surface area contributed by atoms with Crippen LogP contribution in [-0.4, -0.2) is 78.1 Å². The van der Waals surface area contributed by atoms with E-state index in [1.807, 2.05) is 17.0 Å². The first-order valence-electron chi connectivity index (χ1n) is 10.9. The van der Waals surface area contributed by atoms with Gasteiger partial charge in [-0.2, -0.15) is 4.98 Å². The quantitative estimate of drug-likeness (QED) is 0.509. The lowest BCUT2D eigenvalue weighted by atomic mass is 10.1. The second-order valence-corrected chi connectivity index (χ2v) is 9.03. The largest absolute Gasteiger partial charge is 0.353 e. The van der Waals surface area contributed by atoms with Gasteiger partial charge in [-0.05, 0) is 35.4 Å². The number of rotatable bonds is 6. The summed E-state index contributed by atoms with van der Waals surface area (Å²) >= 11 is 1.35. The molecule has 2 fully saturated rings. The third kappa shape index (κ3) is 4.45. The zero-order valence-corrected chi connectivity index (χ0v) is 18.7. The normalized spacial score (nSPS) is 17.3. The second-order valence-electron chi connectivity index (χ2n) is 8.08. The van der Waals surface area contributed by atoms with E-state index >= 15 is 0 Å². The number of aromatic nitrogens is 7. The van der Waals surface area contributed by atoms with Gasteiger partial charge in [0.25, 0.3) is 0 Å². The number of hydrogen-bond donors (Lipinski definition) is 0. The van der Waals surface area contributed by atoms with E-state index in [1.54, 1.807) is 17.9 Å². The number of carbonyl (C=O) groups is 1. The van der Waals surface area contributed by atoms with Crippen LogP contribution in [0.25, 0.3) is 11.4 Å². The molecule has 3 aromatic heterocycles. The third-order valence-electron chi connectivity index (χ3n) is 6.01. The first-order valence-corrected chi connectivity index (χ1v) is 11.8. The molecule has 1 saturated carbocycles. The maximum Gasteiger partial charge on any atom is 0.233 e. The molecule has 1 aliphatic carbocycles. The molecule has 1 aliphatic heterocycles. The van der Waals surface area contributed by atoms with Crippen molar-refractivity contribution < 1.29 is 9.32 Å². The van der Waals surface area contributed by atoms with Crippen molar-refractivity contribution >= 4 is 23.5 Å². The molecule has 0 bridgehead atoms. The van der Waals surface area contributed by atoms with E-state index in [1.165, 1.54) is 24.6 Å².